The molecule has 2 aliphatic rings. The third-order valence-electron chi connectivity index (χ3n) is 4.40. The Morgan fingerprint density at radius 1 is 1.36 bits per heavy atom. The van der Waals surface area contributed by atoms with Crippen LogP contribution in [0.3, 0.4) is 0 Å². The number of methoxy groups -OCH3 is 1. The van der Waals surface area contributed by atoms with Gasteiger partial charge in [-0.3, -0.25) is 4.79 Å². The zero-order valence-corrected chi connectivity index (χ0v) is 12.1. The van der Waals surface area contributed by atoms with Gasteiger partial charge in [-0.25, -0.2) is 0 Å². The zero-order valence-electron chi connectivity index (χ0n) is 12.1. The molecule has 4 nitrogen and oxygen atoms in total. The lowest BCUT2D eigenvalue weighted by Gasteiger charge is -2.26. The topological polar surface area (TPSA) is 41.6 Å². The van der Waals surface area contributed by atoms with Gasteiger partial charge >= 0.3 is 6.18 Å². The maximum absolute atomic E-state index is 13.0. The van der Waals surface area contributed by atoms with Crippen LogP contribution in [-0.4, -0.2) is 38.8 Å². The molecule has 22 heavy (non-hydrogen) atoms. The molecule has 0 spiro atoms. The maximum Gasteiger partial charge on any atom is 0.393 e. The second kappa shape index (κ2) is 5.46. The van der Waals surface area contributed by atoms with Gasteiger partial charge in [-0.15, -0.1) is 0 Å². The third kappa shape index (κ3) is 2.54. The largest absolute Gasteiger partial charge is 0.497 e. The second-order valence-corrected chi connectivity index (χ2v) is 5.65. The number of nitrogens with one attached hydrogen (secondary N) is 1. The summed E-state index contributed by atoms with van der Waals surface area (Å²) in [5.41, 5.74) is 1.63. The third-order valence-corrected chi connectivity index (χ3v) is 4.40. The number of amides is 1. The van der Waals surface area contributed by atoms with Crippen LogP contribution in [0.2, 0.25) is 0 Å². The minimum Gasteiger partial charge on any atom is -0.497 e. The molecule has 1 aromatic rings. The van der Waals surface area contributed by atoms with Gasteiger partial charge in [0.1, 0.15) is 5.75 Å². The van der Waals surface area contributed by atoms with Gasteiger partial charge in [-0.05, 0) is 30.2 Å². The molecule has 1 amide bonds. The van der Waals surface area contributed by atoms with Crippen LogP contribution in [0.25, 0.3) is 0 Å². The molecule has 2 atom stereocenters. The van der Waals surface area contributed by atoms with Gasteiger partial charge in [0.05, 0.1) is 18.9 Å². The summed E-state index contributed by atoms with van der Waals surface area (Å²) < 4.78 is 44.2. The van der Waals surface area contributed by atoms with Crippen LogP contribution in [0.15, 0.2) is 18.2 Å². The predicted octanol–water partition coefficient (Wildman–Crippen LogP) is 1.98. The fourth-order valence-electron chi connectivity index (χ4n) is 3.22. The summed E-state index contributed by atoms with van der Waals surface area (Å²) in [5.74, 6) is -2.42. The number of nitrogens with zero attached hydrogens (tertiary/aromatic N) is 1. The smallest absolute Gasteiger partial charge is 0.393 e. The summed E-state index contributed by atoms with van der Waals surface area (Å²) in [4.78, 5) is 14.1. The number of carbonyl (C=O) groups excluding carboxylic acids is 1. The number of rotatable bonds is 2. The number of alkyl halides is 3. The summed E-state index contributed by atoms with van der Waals surface area (Å²) in [5, 5.41) is 2.69. The quantitative estimate of drug-likeness (QED) is 0.907. The average molecular weight is 314 g/mol. The first kappa shape index (κ1) is 15.1. The van der Waals surface area contributed by atoms with Gasteiger partial charge in [-0.2, -0.15) is 13.2 Å². The Hall–Kier alpha value is -1.76. The second-order valence-electron chi connectivity index (χ2n) is 5.65. The van der Waals surface area contributed by atoms with E-state index in [4.69, 9.17) is 4.74 Å². The number of carbonyl (C=O) groups is 1. The summed E-state index contributed by atoms with van der Waals surface area (Å²) in [6, 6.07) is 5.29. The first-order valence-corrected chi connectivity index (χ1v) is 7.17. The van der Waals surface area contributed by atoms with Crippen molar-refractivity contribution in [2.75, 3.05) is 31.6 Å². The van der Waals surface area contributed by atoms with Gasteiger partial charge in [0.25, 0.3) is 0 Å². The van der Waals surface area contributed by atoms with E-state index in [0.29, 0.717) is 24.4 Å². The molecule has 0 saturated carbocycles. The van der Waals surface area contributed by atoms with E-state index < -0.39 is 23.9 Å². The highest BCUT2D eigenvalue weighted by atomic mass is 19.4. The predicted molar refractivity (Wildman–Crippen MR) is 75.0 cm³/mol. The van der Waals surface area contributed by atoms with Gasteiger partial charge in [-0.1, -0.05) is 0 Å². The van der Waals surface area contributed by atoms with E-state index in [-0.39, 0.29) is 13.1 Å². The number of hydrogen-bond acceptors (Lipinski definition) is 3. The van der Waals surface area contributed by atoms with Crippen molar-refractivity contribution in [1.29, 1.82) is 0 Å². The van der Waals surface area contributed by atoms with E-state index in [9.17, 15) is 18.0 Å². The van der Waals surface area contributed by atoms with Crippen molar-refractivity contribution in [3.05, 3.63) is 23.8 Å². The molecule has 0 bridgehead atoms. The number of hydrogen-bond donors (Lipinski definition) is 1. The number of ether oxygens (including phenoxy) is 1. The molecule has 1 saturated heterocycles. The molecule has 1 fully saturated rings. The molecule has 1 aromatic carbocycles. The first-order chi connectivity index (χ1) is 10.4. The van der Waals surface area contributed by atoms with Crippen LogP contribution in [0, 0.1) is 11.8 Å². The lowest BCUT2D eigenvalue weighted by atomic mass is 9.94. The molecule has 0 radical (unpaired) electrons. The Kier molecular flexibility index (Phi) is 3.76. The van der Waals surface area contributed by atoms with Crippen molar-refractivity contribution in [3.63, 3.8) is 0 Å². The minimum absolute atomic E-state index is 0.0744. The van der Waals surface area contributed by atoms with Crippen LogP contribution in [0.1, 0.15) is 5.56 Å². The molecule has 120 valence electrons. The summed E-state index contributed by atoms with van der Waals surface area (Å²) in [7, 11) is 1.55. The molecule has 0 aromatic heterocycles. The van der Waals surface area contributed by atoms with Gasteiger partial charge < -0.3 is 15.0 Å². The minimum atomic E-state index is -4.35. The van der Waals surface area contributed by atoms with Crippen molar-refractivity contribution in [1.82, 2.24) is 5.32 Å². The standard InChI is InChI=1S/C15H17F3N2O2/c1-22-10-2-3-13-9(6-10)4-5-20(13)14(21)11-7-19-8-12(11)15(16,17)18/h2-3,6,11-12,19H,4-5,7-8H2,1H3/t11-,12-/m1/s1. The summed E-state index contributed by atoms with van der Waals surface area (Å²) >= 11 is 0. The Balaban J connectivity index is 1.83. The van der Waals surface area contributed by atoms with E-state index in [1.54, 1.807) is 19.2 Å². The van der Waals surface area contributed by atoms with E-state index in [0.717, 1.165) is 5.56 Å². The lowest BCUT2D eigenvalue weighted by Crippen LogP contribution is -2.42. The lowest BCUT2D eigenvalue weighted by molar-refractivity contribution is -0.181. The number of benzene rings is 1. The fraction of sp³-hybridized carbons (Fsp3) is 0.533. The number of halogens is 3. The molecular formula is C15H17F3N2O2. The Labute approximate surface area is 126 Å². The number of anilines is 1. The van der Waals surface area contributed by atoms with Crippen LogP contribution < -0.4 is 15.0 Å². The van der Waals surface area contributed by atoms with Crippen molar-refractivity contribution in [2.24, 2.45) is 11.8 Å². The monoisotopic (exact) mass is 314 g/mol. The molecule has 0 aliphatic carbocycles. The highest BCUT2D eigenvalue weighted by Gasteiger charge is 2.51. The van der Waals surface area contributed by atoms with Crippen molar-refractivity contribution in [3.8, 4) is 5.75 Å². The maximum atomic E-state index is 13.0. The summed E-state index contributed by atoms with van der Waals surface area (Å²) in [6.07, 6.45) is -3.72. The molecular weight excluding hydrogens is 297 g/mol. The molecule has 2 heterocycles. The number of fused-ring (bicyclic) bond motifs is 1. The van der Waals surface area contributed by atoms with Crippen molar-refractivity contribution < 1.29 is 22.7 Å². The highest BCUT2D eigenvalue weighted by molar-refractivity contribution is 5.97. The van der Waals surface area contributed by atoms with E-state index in [1.807, 2.05) is 6.07 Å². The molecule has 0 unspecified atom stereocenters. The Morgan fingerprint density at radius 2 is 2.14 bits per heavy atom. The Bertz CT molecular complexity index is 589. The van der Waals surface area contributed by atoms with Crippen LogP contribution in [0.4, 0.5) is 18.9 Å². The van der Waals surface area contributed by atoms with Crippen LogP contribution >= 0.6 is 0 Å². The van der Waals surface area contributed by atoms with E-state index in [2.05, 4.69) is 5.32 Å². The summed E-state index contributed by atoms with van der Waals surface area (Å²) in [6.45, 7) is 0.302. The van der Waals surface area contributed by atoms with Gasteiger partial charge in [0.2, 0.25) is 5.91 Å². The first-order valence-electron chi connectivity index (χ1n) is 7.17. The molecule has 2 aliphatic heterocycles. The van der Waals surface area contributed by atoms with Crippen LogP contribution in [0.5, 0.6) is 5.75 Å². The van der Waals surface area contributed by atoms with E-state index in [1.165, 1.54) is 4.90 Å². The molecule has 3 rings (SSSR count). The average Bonchev–Trinajstić information content (AvgIpc) is 3.12. The van der Waals surface area contributed by atoms with Crippen molar-refractivity contribution >= 4 is 11.6 Å². The van der Waals surface area contributed by atoms with Crippen molar-refractivity contribution in [2.45, 2.75) is 12.6 Å². The van der Waals surface area contributed by atoms with Crippen LogP contribution in [-0.2, 0) is 11.2 Å². The zero-order chi connectivity index (χ0) is 15.9. The molecule has 7 heteroatoms. The SMILES string of the molecule is COc1ccc2c(c1)CCN2C(=O)[C@@H]1CNC[C@H]1C(F)(F)F. The van der Waals surface area contributed by atoms with Gasteiger partial charge in [0, 0.05) is 25.3 Å². The normalized spacial score (nSPS) is 24.5. The van der Waals surface area contributed by atoms with E-state index >= 15 is 0 Å². The Morgan fingerprint density at radius 3 is 2.82 bits per heavy atom. The molecule has 1 N–H and O–H groups in total. The fourth-order valence-corrected chi connectivity index (χ4v) is 3.22. The highest BCUT2D eigenvalue weighted by Crippen LogP contribution is 2.38. The van der Waals surface area contributed by atoms with Gasteiger partial charge in [0.15, 0.2) is 0 Å².